The summed E-state index contributed by atoms with van der Waals surface area (Å²) in [6.45, 7) is 0. The van der Waals surface area contributed by atoms with Crippen molar-refractivity contribution in [2.75, 3.05) is 9.80 Å². The molecule has 0 aliphatic rings. The van der Waals surface area contributed by atoms with Crippen molar-refractivity contribution in [3.63, 3.8) is 0 Å². The molecule has 0 bridgehead atoms. The van der Waals surface area contributed by atoms with Gasteiger partial charge < -0.3 is 23.3 Å². The van der Waals surface area contributed by atoms with Gasteiger partial charge in [-0.2, -0.15) is 0 Å². The molecule has 0 aliphatic heterocycles. The molecule has 0 N–H and O–H groups in total. The zero-order valence-electron chi connectivity index (χ0n) is 38.6. The average Bonchev–Trinajstić information content (AvgIpc) is 4.15. The van der Waals surface area contributed by atoms with E-state index in [0.29, 0.717) is 0 Å². The normalized spacial score (nSPS) is 11.9. The Morgan fingerprint density at radius 2 is 0.521 bits per heavy atom. The number of hydrogen-bond acceptors (Lipinski definition) is 2. The number of nitrogens with zero attached hydrogens (tertiary/aromatic N) is 5. The van der Waals surface area contributed by atoms with Gasteiger partial charge in [0, 0.05) is 88.6 Å². The second-order valence-corrected chi connectivity index (χ2v) is 18.6. The predicted molar refractivity (Wildman–Crippen MR) is 299 cm³/mol. The van der Waals surface area contributed by atoms with Gasteiger partial charge in [-0.3, -0.25) is 0 Å². The minimum Gasteiger partial charge on any atom is -0.310 e. The Morgan fingerprint density at radius 3 is 0.887 bits per heavy atom. The fourth-order valence-electron chi connectivity index (χ4n) is 11.7. The molecule has 15 rings (SSSR count). The first kappa shape index (κ1) is 39.4. The van der Waals surface area contributed by atoms with Crippen LogP contribution in [0.5, 0.6) is 0 Å². The Morgan fingerprint density at radius 1 is 0.211 bits per heavy atom. The summed E-state index contributed by atoms with van der Waals surface area (Å²) in [5.74, 6) is 0. The number of hydrogen-bond donors (Lipinski definition) is 0. The third-order valence-electron chi connectivity index (χ3n) is 14.7. The SMILES string of the molecule is c1ccc(N(c2ccccc2)c2ccc3c4cc5c(cc4n(-c4ccccc4)c3c2)c2cccc3c4cc6c(cc4n5c23)c2ccc(N(c3ccccc3)c3ccccc3)cc2n6-c2ccccc2)cc1. The lowest BCUT2D eigenvalue weighted by atomic mass is 10.0. The van der Waals surface area contributed by atoms with Gasteiger partial charge in [0.25, 0.3) is 0 Å². The van der Waals surface area contributed by atoms with E-state index in [-0.39, 0.29) is 0 Å². The van der Waals surface area contributed by atoms with Crippen LogP contribution in [0.2, 0.25) is 0 Å². The maximum Gasteiger partial charge on any atom is 0.0620 e. The van der Waals surface area contributed by atoms with Gasteiger partial charge in [0.15, 0.2) is 0 Å². The first-order valence-electron chi connectivity index (χ1n) is 24.3. The fraction of sp³-hybridized carbons (Fsp3) is 0. The highest BCUT2D eigenvalue weighted by Crippen LogP contribution is 2.47. The molecular formula is C66H43N5. The number of fused-ring (bicyclic) bond motifs is 12. The number of anilines is 6. The summed E-state index contributed by atoms with van der Waals surface area (Å²) in [4.78, 5) is 4.70. The standard InChI is InChI=1S/C66H43N5/c1-7-20-44(21-8-1)67(45-22-9-2-10-23-45)50-34-36-52-56-40-64-58(42-62(56)69(60(52)38-50)48-28-15-5-16-29-48)54-32-19-33-55-59-43-63-57(41-65(59)71(64)66(54)55)53-37-35-51(39-61(53)70(63)49-30-17-6-18-31-49)68(46-24-11-3-12-25-46)47-26-13-4-14-27-47/h1-43H. The summed E-state index contributed by atoms with van der Waals surface area (Å²) >= 11 is 0. The number of benzene rings is 11. The van der Waals surface area contributed by atoms with Gasteiger partial charge >= 0.3 is 0 Å². The zero-order valence-corrected chi connectivity index (χ0v) is 38.6. The van der Waals surface area contributed by atoms with E-state index in [0.717, 1.165) is 56.5 Å². The summed E-state index contributed by atoms with van der Waals surface area (Å²) in [7, 11) is 0. The van der Waals surface area contributed by atoms with Gasteiger partial charge in [0.1, 0.15) is 0 Å². The van der Waals surface area contributed by atoms with Crippen LogP contribution in [0.1, 0.15) is 0 Å². The van der Waals surface area contributed by atoms with Crippen molar-refractivity contribution >= 4 is 116 Å². The molecule has 0 saturated heterocycles. The largest absolute Gasteiger partial charge is 0.310 e. The van der Waals surface area contributed by atoms with E-state index in [1.54, 1.807) is 0 Å². The smallest absolute Gasteiger partial charge is 0.0620 e. The van der Waals surface area contributed by atoms with Crippen LogP contribution in [0.3, 0.4) is 0 Å². The maximum atomic E-state index is 2.55. The van der Waals surface area contributed by atoms with Gasteiger partial charge in [0.2, 0.25) is 0 Å². The van der Waals surface area contributed by atoms with Gasteiger partial charge in [-0.05, 0) is 121 Å². The minimum atomic E-state index is 1.10. The number of rotatable bonds is 8. The predicted octanol–water partition coefficient (Wildman–Crippen LogP) is 18.0. The van der Waals surface area contributed by atoms with Crippen molar-refractivity contribution in [3.8, 4) is 11.4 Å². The van der Waals surface area contributed by atoms with Gasteiger partial charge in [-0.25, -0.2) is 0 Å². The van der Waals surface area contributed by atoms with Crippen LogP contribution in [0.25, 0.3) is 93.1 Å². The summed E-state index contributed by atoms with van der Waals surface area (Å²) in [5.41, 5.74) is 17.3. The molecule has 71 heavy (non-hydrogen) atoms. The Balaban J connectivity index is 0.997. The molecule has 4 aromatic heterocycles. The molecule has 0 unspecified atom stereocenters. The monoisotopic (exact) mass is 905 g/mol. The molecule has 11 aromatic carbocycles. The van der Waals surface area contributed by atoms with Crippen LogP contribution >= 0.6 is 0 Å². The van der Waals surface area contributed by atoms with E-state index in [1.807, 2.05) is 0 Å². The third kappa shape index (κ3) is 5.93. The zero-order chi connectivity index (χ0) is 46.6. The number of para-hydroxylation sites is 7. The maximum absolute atomic E-state index is 2.55. The van der Waals surface area contributed by atoms with Crippen LogP contribution in [-0.2, 0) is 0 Å². The van der Waals surface area contributed by atoms with Crippen LogP contribution < -0.4 is 9.80 Å². The third-order valence-corrected chi connectivity index (χ3v) is 14.7. The molecule has 4 heterocycles. The highest BCUT2D eigenvalue weighted by molar-refractivity contribution is 6.28. The molecule has 5 nitrogen and oxygen atoms in total. The molecule has 5 heteroatoms. The van der Waals surface area contributed by atoms with E-state index in [9.17, 15) is 0 Å². The average molecular weight is 906 g/mol. The summed E-state index contributed by atoms with van der Waals surface area (Å²) < 4.78 is 7.47. The Labute approximate surface area is 409 Å². The highest BCUT2D eigenvalue weighted by atomic mass is 15.2. The lowest BCUT2D eigenvalue weighted by molar-refractivity contribution is 1.18. The first-order chi connectivity index (χ1) is 35.2. The lowest BCUT2D eigenvalue weighted by Crippen LogP contribution is -2.09. The topological polar surface area (TPSA) is 20.8 Å². The van der Waals surface area contributed by atoms with Crippen molar-refractivity contribution in [2.45, 2.75) is 0 Å². The van der Waals surface area contributed by atoms with E-state index >= 15 is 0 Å². The first-order valence-corrected chi connectivity index (χ1v) is 24.3. The molecule has 0 amide bonds. The van der Waals surface area contributed by atoms with Gasteiger partial charge in [-0.1, -0.05) is 140 Å². The van der Waals surface area contributed by atoms with Gasteiger partial charge in [-0.15, -0.1) is 0 Å². The number of aromatic nitrogens is 3. The Kier molecular flexibility index (Phi) is 8.59. The molecule has 0 saturated carbocycles. The molecule has 0 spiro atoms. The molecule has 0 fully saturated rings. The minimum absolute atomic E-state index is 1.10. The molecular weight excluding hydrogens is 863 g/mol. The highest BCUT2D eigenvalue weighted by Gasteiger charge is 2.25. The van der Waals surface area contributed by atoms with E-state index in [4.69, 9.17) is 0 Å². The van der Waals surface area contributed by atoms with Crippen molar-refractivity contribution in [3.05, 3.63) is 261 Å². The van der Waals surface area contributed by atoms with E-state index in [2.05, 4.69) is 284 Å². The van der Waals surface area contributed by atoms with Crippen molar-refractivity contribution in [2.24, 2.45) is 0 Å². The molecule has 15 aromatic rings. The van der Waals surface area contributed by atoms with Gasteiger partial charge in [0.05, 0.1) is 38.6 Å². The van der Waals surface area contributed by atoms with E-state index in [1.165, 1.54) is 70.7 Å². The van der Waals surface area contributed by atoms with Crippen molar-refractivity contribution in [1.82, 2.24) is 13.5 Å². The molecule has 332 valence electrons. The van der Waals surface area contributed by atoms with Crippen molar-refractivity contribution in [1.29, 1.82) is 0 Å². The van der Waals surface area contributed by atoms with Crippen LogP contribution in [0.15, 0.2) is 261 Å². The fourth-order valence-corrected chi connectivity index (χ4v) is 11.7. The summed E-state index contributed by atoms with van der Waals surface area (Å²) in [5, 5.41) is 9.87. The quantitative estimate of drug-likeness (QED) is 0.151. The van der Waals surface area contributed by atoms with E-state index < -0.39 is 0 Å². The molecule has 0 radical (unpaired) electrons. The molecule has 0 aliphatic carbocycles. The Hall–Kier alpha value is -9.58. The molecule has 0 atom stereocenters. The lowest BCUT2D eigenvalue weighted by Gasteiger charge is -2.25. The van der Waals surface area contributed by atoms with Crippen LogP contribution in [0.4, 0.5) is 34.1 Å². The Bertz CT molecular complexity index is 4120. The summed E-state index contributed by atoms with van der Waals surface area (Å²) in [6.07, 6.45) is 0. The summed E-state index contributed by atoms with van der Waals surface area (Å²) in [6, 6.07) is 95.0. The second kappa shape index (κ2) is 15.5. The van der Waals surface area contributed by atoms with Crippen LogP contribution in [-0.4, -0.2) is 13.5 Å². The van der Waals surface area contributed by atoms with Crippen LogP contribution in [0, 0.1) is 0 Å². The van der Waals surface area contributed by atoms with Crippen molar-refractivity contribution < 1.29 is 0 Å². The second-order valence-electron chi connectivity index (χ2n) is 18.6.